The predicted molar refractivity (Wildman–Crippen MR) is 112 cm³/mol. The summed E-state index contributed by atoms with van der Waals surface area (Å²) in [5, 5.41) is 15.4. The first-order valence-electron chi connectivity index (χ1n) is 11.6. The third kappa shape index (κ3) is 6.68. The number of aliphatic hydroxyl groups is 1. The van der Waals surface area contributed by atoms with Crippen LogP contribution in [-0.4, -0.2) is 77.8 Å². The van der Waals surface area contributed by atoms with Gasteiger partial charge in [0.2, 0.25) is 11.8 Å². The lowest BCUT2D eigenvalue weighted by molar-refractivity contribution is -0.321. The molecule has 3 amide bonds. The van der Waals surface area contributed by atoms with E-state index in [0.717, 1.165) is 12.8 Å². The number of aliphatic hydroxyl groups excluding tert-OH is 1. The minimum Gasteiger partial charge on any atom is -0.383 e. The quantitative estimate of drug-likeness (QED) is 0.417. The predicted octanol–water partition coefficient (Wildman–Crippen LogP) is 0.891. The summed E-state index contributed by atoms with van der Waals surface area (Å²) >= 11 is 0. The summed E-state index contributed by atoms with van der Waals surface area (Å²) in [6.07, 6.45) is -3.85. The number of carbonyl (C=O) groups excluding carboxylic acids is 4. The molecule has 1 spiro atoms. The summed E-state index contributed by atoms with van der Waals surface area (Å²) in [6.45, 7) is 3.09. The number of ether oxygens (including phenoxy) is 1. The number of likely N-dealkylation sites (tertiary alicyclic amines) is 1. The molecule has 1 saturated carbocycles. The molecule has 12 heteroatoms. The van der Waals surface area contributed by atoms with Crippen LogP contribution in [0.3, 0.4) is 0 Å². The van der Waals surface area contributed by atoms with Gasteiger partial charge >= 0.3 is 6.36 Å². The first-order valence-corrected chi connectivity index (χ1v) is 11.6. The summed E-state index contributed by atoms with van der Waals surface area (Å²) in [4.78, 5) is 51.9. The lowest BCUT2D eigenvalue weighted by atomic mass is 9.95. The van der Waals surface area contributed by atoms with Crippen LogP contribution in [0.2, 0.25) is 0 Å². The van der Waals surface area contributed by atoms with E-state index in [0.29, 0.717) is 25.9 Å². The van der Waals surface area contributed by atoms with Crippen molar-refractivity contribution < 1.29 is 42.2 Å². The molecule has 3 fully saturated rings. The number of carbonyl (C=O) groups is 4. The lowest BCUT2D eigenvalue weighted by Gasteiger charge is -2.28. The maximum atomic E-state index is 13.2. The monoisotopic (exact) mass is 491 g/mol. The molecule has 0 radical (unpaired) electrons. The van der Waals surface area contributed by atoms with Crippen molar-refractivity contribution in [3.8, 4) is 0 Å². The average Bonchev–Trinajstić information content (AvgIpc) is 3.19. The highest BCUT2D eigenvalue weighted by Crippen LogP contribution is 2.55. The maximum Gasteiger partial charge on any atom is 0.522 e. The number of nitrogens with zero attached hydrogens (tertiary/aromatic N) is 1. The SMILES string of the molecule is CC(C)C[C@@H](O)C(=O)N1CC2(CC2)CC1C(=O)N[C@@H](C[C@@H]1CCNC1=O)C(=O)COC(F)(F)F. The van der Waals surface area contributed by atoms with E-state index in [2.05, 4.69) is 15.4 Å². The summed E-state index contributed by atoms with van der Waals surface area (Å²) in [6, 6.07) is -2.33. The smallest absolute Gasteiger partial charge is 0.383 e. The van der Waals surface area contributed by atoms with Crippen molar-refractivity contribution in [2.24, 2.45) is 17.3 Å². The molecule has 2 heterocycles. The van der Waals surface area contributed by atoms with Crippen molar-refractivity contribution in [2.75, 3.05) is 19.7 Å². The summed E-state index contributed by atoms with van der Waals surface area (Å²) in [5.41, 5.74) is -0.209. The normalized spacial score (nSPS) is 25.4. The molecule has 0 aromatic rings. The van der Waals surface area contributed by atoms with Gasteiger partial charge in [-0.3, -0.25) is 23.9 Å². The molecule has 1 aliphatic carbocycles. The van der Waals surface area contributed by atoms with Gasteiger partial charge in [0.05, 0.1) is 6.04 Å². The largest absolute Gasteiger partial charge is 0.522 e. The van der Waals surface area contributed by atoms with Gasteiger partial charge in [-0.05, 0) is 49.9 Å². The van der Waals surface area contributed by atoms with E-state index in [1.54, 1.807) is 0 Å². The second-order valence-electron chi connectivity index (χ2n) is 10.1. The van der Waals surface area contributed by atoms with Crippen LogP contribution in [0, 0.1) is 17.3 Å². The number of ketones is 1. The second-order valence-corrected chi connectivity index (χ2v) is 10.1. The number of rotatable bonds is 10. The Labute approximate surface area is 195 Å². The van der Waals surface area contributed by atoms with E-state index >= 15 is 0 Å². The van der Waals surface area contributed by atoms with Crippen LogP contribution in [0.1, 0.15) is 52.4 Å². The van der Waals surface area contributed by atoms with Crippen LogP contribution in [0.5, 0.6) is 0 Å². The number of alkyl halides is 3. The van der Waals surface area contributed by atoms with Gasteiger partial charge in [-0.25, -0.2) is 0 Å². The lowest BCUT2D eigenvalue weighted by Crippen LogP contribution is -2.53. The van der Waals surface area contributed by atoms with E-state index in [1.165, 1.54) is 4.90 Å². The first-order chi connectivity index (χ1) is 15.8. The zero-order valence-electron chi connectivity index (χ0n) is 19.3. The number of nitrogens with one attached hydrogen (secondary N) is 2. The van der Waals surface area contributed by atoms with Crippen molar-refractivity contribution in [3.05, 3.63) is 0 Å². The van der Waals surface area contributed by atoms with E-state index in [9.17, 15) is 37.5 Å². The standard InChI is InChI=1S/C22H32F3N3O6/c1-12(2)7-16(29)20(33)28-11-21(4-5-21)9-15(28)19(32)27-14(8-13-3-6-26-18(13)31)17(30)10-34-22(23,24)25/h12-16,29H,3-11H2,1-2H3,(H,26,31)(H,27,32)/t13-,14-,15?,16+/m0/s1. The first kappa shape index (κ1) is 26.4. The minimum atomic E-state index is -5.02. The Kier molecular flexibility index (Phi) is 7.91. The van der Waals surface area contributed by atoms with Gasteiger partial charge in [0, 0.05) is 19.0 Å². The molecular formula is C22H32F3N3O6. The van der Waals surface area contributed by atoms with Gasteiger partial charge in [-0.1, -0.05) is 13.8 Å². The fraction of sp³-hybridized carbons (Fsp3) is 0.818. The van der Waals surface area contributed by atoms with Crippen LogP contribution < -0.4 is 10.6 Å². The van der Waals surface area contributed by atoms with Crippen LogP contribution in [-0.2, 0) is 23.9 Å². The Bertz CT molecular complexity index is 814. The highest BCUT2D eigenvalue weighted by molar-refractivity contribution is 5.95. The molecule has 192 valence electrons. The summed E-state index contributed by atoms with van der Waals surface area (Å²) in [7, 11) is 0. The fourth-order valence-corrected chi connectivity index (χ4v) is 4.75. The van der Waals surface area contributed by atoms with E-state index < -0.39 is 54.7 Å². The number of hydrogen-bond acceptors (Lipinski definition) is 6. The number of halogens is 3. The van der Waals surface area contributed by atoms with Gasteiger partial charge in [-0.15, -0.1) is 13.2 Å². The van der Waals surface area contributed by atoms with Crippen LogP contribution in [0.25, 0.3) is 0 Å². The molecule has 3 N–H and O–H groups in total. The van der Waals surface area contributed by atoms with E-state index in [-0.39, 0.29) is 30.1 Å². The molecule has 3 aliphatic rings. The minimum absolute atomic E-state index is 0.0527. The molecule has 3 rings (SSSR count). The molecule has 2 saturated heterocycles. The van der Waals surface area contributed by atoms with Crippen LogP contribution >= 0.6 is 0 Å². The maximum absolute atomic E-state index is 13.2. The zero-order valence-corrected chi connectivity index (χ0v) is 19.3. The Balaban J connectivity index is 1.73. The number of hydrogen-bond donors (Lipinski definition) is 3. The number of Topliss-reactive ketones (excluding diaryl/α,β-unsaturated/α-hetero) is 1. The van der Waals surface area contributed by atoms with Crippen molar-refractivity contribution in [1.29, 1.82) is 0 Å². The van der Waals surface area contributed by atoms with E-state index in [4.69, 9.17) is 0 Å². The molecular weight excluding hydrogens is 459 g/mol. The van der Waals surface area contributed by atoms with Crippen LogP contribution in [0.4, 0.5) is 13.2 Å². The molecule has 0 bridgehead atoms. The summed E-state index contributed by atoms with van der Waals surface area (Å²) < 4.78 is 41.0. The van der Waals surface area contributed by atoms with Gasteiger partial charge in [0.25, 0.3) is 5.91 Å². The Hall–Kier alpha value is -2.21. The van der Waals surface area contributed by atoms with Gasteiger partial charge in [-0.2, -0.15) is 0 Å². The third-order valence-electron chi connectivity index (χ3n) is 6.80. The topological polar surface area (TPSA) is 125 Å². The van der Waals surface area contributed by atoms with Gasteiger partial charge in [0.1, 0.15) is 18.8 Å². The summed E-state index contributed by atoms with van der Waals surface area (Å²) in [5.74, 6) is -3.19. The highest BCUT2D eigenvalue weighted by Gasteiger charge is 2.56. The van der Waals surface area contributed by atoms with Gasteiger partial charge < -0.3 is 20.6 Å². The van der Waals surface area contributed by atoms with Crippen molar-refractivity contribution in [2.45, 2.75) is 76.9 Å². The van der Waals surface area contributed by atoms with Crippen LogP contribution in [0.15, 0.2) is 0 Å². The second kappa shape index (κ2) is 10.2. The molecule has 34 heavy (non-hydrogen) atoms. The molecule has 4 atom stereocenters. The van der Waals surface area contributed by atoms with Crippen molar-refractivity contribution >= 4 is 23.5 Å². The molecule has 0 aromatic heterocycles. The Morgan fingerprint density at radius 3 is 2.50 bits per heavy atom. The highest BCUT2D eigenvalue weighted by atomic mass is 19.4. The Morgan fingerprint density at radius 1 is 1.29 bits per heavy atom. The molecule has 9 nitrogen and oxygen atoms in total. The van der Waals surface area contributed by atoms with E-state index in [1.807, 2.05) is 13.8 Å². The molecule has 1 unspecified atom stereocenters. The molecule has 2 aliphatic heterocycles. The van der Waals surface area contributed by atoms with Crippen molar-refractivity contribution in [1.82, 2.24) is 15.5 Å². The Morgan fingerprint density at radius 2 is 1.97 bits per heavy atom. The zero-order chi connectivity index (χ0) is 25.3. The average molecular weight is 492 g/mol. The molecule has 0 aromatic carbocycles. The van der Waals surface area contributed by atoms with Gasteiger partial charge in [0.15, 0.2) is 5.78 Å². The van der Waals surface area contributed by atoms with Crippen molar-refractivity contribution in [3.63, 3.8) is 0 Å². The third-order valence-corrected chi connectivity index (χ3v) is 6.80. The fourth-order valence-electron chi connectivity index (χ4n) is 4.75. The number of amides is 3.